The number of hydrogen-bond acceptors (Lipinski definition) is 3. The first kappa shape index (κ1) is 26.9. The molecule has 1 atom stereocenters. The predicted octanol–water partition coefficient (Wildman–Crippen LogP) is 6.39. The smallest absolute Gasteiger partial charge is 0.308 e. The molecule has 0 unspecified atom stereocenters. The fraction of sp³-hybridized carbons (Fsp3) is 0.367. The van der Waals surface area contributed by atoms with Gasteiger partial charge in [0.25, 0.3) is 0 Å². The Balaban J connectivity index is 2.16. The van der Waals surface area contributed by atoms with Crippen molar-refractivity contribution in [3.8, 4) is 0 Å². The number of hydrogen-bond donors (Lipinski definition) is 1. The highest BCUT2D eigenvalue weighted by atomic mass is 31.2. The van der Waals surface area contributed by atoms with E-state index >= 15 is 4.57 Å². The van der Waals surface area contributed by atoms with E-state index in [9.17, 15) is 4.79 Å². The van der Waals surface area contributed by atoms with Gasteiger partial charge in [0.2, 0.25) is 7.29 Å². The van der Waals surface area contributed by atoms with Crippen molar-refractivity contribution in [1.29, 1.82) is 0 Å². The first-order valence-electron chi connectivity index (χ1n) is 12.3. The molecule has 3 rings (SSSR count). The summed E-state index contributed by atoms with van der Waals surface area (Å²) >= 11 is 0. The van der Waals surface area contributed by atoms with Gasteiger partial charge in [0.05, 0.1) is 18.6 Å². The molecule has 0 aliphatic heterocycles. The molecule has 35 heavy (non-hydrogen) atoms. The molecule has 0 bridgehead atoms. The van der Waals surface area contributed by atoms with Gasteiger partial charge in [-0.1, -0.05) is 78.1 Å². The van der Waals surface area contributed by atoms with Crippen LogP contribution in [0.25, 0.3) is 0 Å². The average molecular weight is 492 g/mol. The Hall–Kier alpha value is -2.68. The topological polar surface area (TPSA) is 55.4 Å². The number of nitrogens with one attached hydrogen (secondary N) is 1. The van der Waals surface area contributed by atoms with Crippen LogP contribution in [0.2, 0.25) is 0 Å². The van der Waals surface area contributed by atoms with E-state index in [1.165, 1.54) is 0 Å². The Labute approximate surface area is 210 Å². The lowest BCUT2D eigenvalue weighted by Crippen LogP contribution is -2.44. The van der Waals surface area contributed by atoms with Crippen LogP contribution < -0.4 is 15.7 Å². The molecule has 0 aliphatic rings. The summed E-state index contributed by atoms with van der Waals surface area (Å²) in [6.07, 6.45) is 1.85. The molecule has 3 aromatic carbocycles. The van der Waals surface area contributed by atoms with E-state index in [1.807, 2.05) is 89.2 Å². The Morgan fingerprint density at radius 3 is 1.80 bits per heavy atom. The number of ether oxygens (including phenoxy) is 1. The maximum absolute atomic E-state index is 15.2. The summed E-state index contributed by atoms with van der Waals surface area (Å²) in [7, 11) is -3.36. The molecule has 0 spiro atoms. The van der Waals surface area contributed by atoms with Crippen molar-refractivity contribution in [3.63, 3.8) is 0 Å². The van der Waals surface area contributed by atoms with Gasteiger partial charge in [0.15, 0.2) is 0 Å². The number of carbonyl (C=O) groups excluding carboxylic acids is 1. The molecular weight excluding hydrogens is 453 g/mol. The molecule has 3 aromatic rings. The van der Waals surface area contributed by atoms with Gasteiger partial charge in [-0.2, -0.15) is 0 Å². The summed E-state index contributed by atoms with van der Waals surface area (Å²) < 4.78 is 20.7. The molecule has 0 fully saturated rings. The Bertz CT molecular complexity index is 1130. The van der Waals surface area contributed by atoms with Crippen molar-refractivity contribution in [2.75, 3.05) is 6.61 Å². The third-order valence-electron chi connectivity index (χ3n) is 6.21. The number of carbonyl (C=O) groups is 1. The van der Waals surface area contributed by atoms with Crippen LogP contribution >= 0.6 is 7.29 Å². The highest BCUT2D eigenvalue weighted by Crippen LogP contribution is 2.45. The lowest BCUT2D eigenvalue weighted by Gasteiger charge is -2.36. The van der Waals surface area contributed by atoms with Crippen molar-refractivity contribution in [2.45, 2.75) is 66.3 Å². The minimum absolute atomic E-state index is 0.0698. The maximum atomic E-state index is 15.2. The minimum atomic E-state index is -3.36. The predicted molar refractivity (Wildman–Crippen MR) is 146 cm³/mol. The van der Waals surface area contributed by atoms with Gasteiger partial charge in [-0.3, -0.25) is 9.36 Å². The van der Waals surface area contributed by atoms with Gasteiger partial charge in [-0.15, -0.1) is 0 Å². The number of benzene rings is 3. The van der Waals surface area contributed by atoms with E-state index in [0.29, 0.717) is 6.61 Å². The lowest BCUT2D eigenvalue weighted by molar-refractivity contribution is -0.145. The summed E-state index contributed by atoms with van der Waals surface area (Å²) in [6, 6.07) is 21.9. The van der Waals surface area contributed by atoms with E-state index in [2.05, 4.69) is 24.1 Å². The molecule has 1 N–H and O–H groups in total. The summed E-state index contributed by atoms with van der Waals surface area (Å²) in [6.45, 7) is 12.5. The minimum Gasteiger partial charge on any atom is -0.466 e. The third kappa shape index (κ3) is 6.72. The second-order valence-electron chi connectivity index (χ2n) is 9.86. The monoisotopic (exact) mass is 491 g/mol. The van der Waals surface area contributed by atoms with Gasteiger partial charge >= 0.3 is 5.97 Å². The Morgan fingerprint density at radius 1 is 0.857 bits per heavy atom. The fourth-order valence-corrected chi connectivity index (χ4v) is 7.57. The summed E-state index contributed by atoms with van der Waals surface area (Å²) in [5.41, 5.74) is 4.17. The van der Waals surface area contributed by atoms with E-state index in [1.54, 1.807) is 0 Å². The van der Waals surface area contributed by atoms with Crippen molar-refractivity contribution in [1.82, 2.24) is 5.09 Å². The van der Waals surface area contributed by atoms with Crippen LogP contribution in [0.15, 0.2) is 66.7 Å². The second-order valence-corrected chi connectivity index (χ2v) is 12.3. The van der Waals surface area contributed by atoms with E-state index in [-0.39, 0.29) is 12.4 Å². The Morgan fingerprint density at radius 2 is 1.34 bits per heavy atom. The molecule has 0 radical (unpaired) electrons. The molecular formula is C30H38NO3P. The first-order valence-corrected chi connectivity index (χ1v) is 14.0. The number of rotatable bonds is 10. The van der Waals surface area contributed by atoms with Gasteiger partial charge in [-0.25, -0.2) is 5.09 Å². The zero-order valence-electron chi connectivity index (χ0n) is 21.9. The highest BCUT2D eigenvalue weighted by molar-refractivity contribution is 7.77. The number of aryl methyl sites for hydroxylation is 4. The first-order chi connectivity index (χ1) is 16.6. The van der Waals surface area contributed by atoms with Gasteiger partial charge < -0.3 is 4.74 Å². The molecule has 5 heteroatoms. The van der Waals surface area contributed by atoms with Crippen molar-refractivity contribution < 1.29 is 14.1 Å². The molecule has 0 aromatic heterocycles. The van der Waals surface area contributed by atoms with Crippen LogP contribution in [-0.2, 0) is 19.6 Å². The summed E-state index contributed by atoms with van der Waals surface area (Å²) in [5, 5.41) is 5.02. The third-order valence-corrected chi connectivity index (χ3v) is 8.99. The molecule has 4 nitrogen and oxygen atoms in total. The lowest BCUT2D eigenvalue weighted by atomic mass is 9.90. The highest BCUT2D eigenvalue weighted by Gasteiger charge is 2.40. The SMILES string of the molecule is CCCCOC(=O)C[C@](C)(NP(=O)(c1cc(C)cc(C)c1)c1cc(C)cc(C)c1)c1ccccc1. The van der Waals surface area contributed by atoms with Gasteiger partial charge in [-0.05, 0) is 70.9 Å². The zero-order valence-corrected chi connectivity index (χ0v) is 22.7. The second kappa shape index (κ2) is 11.4. The molecule has 0 saturated carbocycles. The number of esters is 1. The largest absolute Gasteiger partial charge is 0.466 e. The van der Waals surface area contributed by atoms with Crippen molar-refractivity contribution in [2.24, 2.45) is 0 Å². The summed E-state index contributed by atoms with van der Waals surface area (Å²) in [4.78, 5) is 12.9. The normalized spacial score (nSPS) is 13.3. The number of unbranched alkanes of at least 4 members (excludes halogenated alkanes) is 1. The van der Waals surface area contributed by atoms with E-state index in [4.69, 9.17) is 4.74 Å². The van der Waals surface area contributed by atoms with Gasteiger partial charge in [0.1, 0.15) is 0 Å². The maximum Gasteiger partial charge on any atom is 0.308 e. The molecule has 0 amide bonds. The van der Waals surface area contributed by atoms with Crippen molar-refractivity contribution in [3.05, 3.63) is 94.5 Å². The average Bonchev–Trinajstić information content (AvgIpc) is 2.78. The van der Waals surface area contributed by atoms with Crippen molar-refractivity contribution >= 4 is 23.9 Å². The van der Waals surface area contributed by atoms with Crippen LogP contribution in [0, 0.1) is 27.7 Å². The summed E-state index contributed by atoms with van der Waals surface area (Å²) in [5.74, 6) is -0.301. The van der Waals surface area contributed by atoms with Gasteiger partial charge in [0, 0.05) is 10.6 Å². The molecule has 0 saturated heterocycles. The van der Waals surface area contributed by atoms with Crippen LogP contribution in [-0.4, -0.2) is 12.6 Å². The molecule has 186 valence electrons. The van der Waals surface area contributed by atoms with Crippen LogP contribution in [0.5, 0.6) is 0 Å². The quantitative estimate of drug-likeness (QED) is 0.203. The van der Waals surface area contributed by atoms with Crippen LogP contribution in [0.4, 0.5) is 0 Å². The fourth-order valence-electron chi connectivity index (χ4n) is 4.57. The zero-order chi connectivity index (χ0) is 25.6. The molecule has 0 aliphatic carbocycles. The Kier molecular flexibility index (Phi) is 8.74. The van der Waals surface area contributed by atoms with Crippen LogP contribution in [0.3, 0.4) is 0 Å². The molecule has 0 heterocycles. The van der Waals surface area contributed by atoms with E-state index in [0.717, 1.165) is 51.3 Å². The van der Waals surface area contributed by atoms with E-state index < -0.39 is 12.8 Å². The standard InChI is InChI=1S/C30H38NO3P/c1-7-8-14-34-29(32)21-30(6,26-12-10-9-11-13-26)31-35(33,27-17-22(2)15-23(3)18-27)28-19-24(4)16-25(5)20-28/h9-13,15-20H,7-8,14,21H2,1-6H3,(H,31,33)/t30-/m0/s1. The van der Waals surface area contributed by atoms with Crippen LogP contribution in [0.1, 0.15) is 60.9 Å².